The molecule has 1 aliphatic carbocycles. The minimum absolute atomic E-state index is 0. The summed E-state index contributed by atoms with van der Waals surface area (Å²) in [5.74, 6) is -0.179. The van der Waals surface area contributed by atoms with E-state index in [2.05, 4.69) is 5.32 Å². The van der Waals surface area contributed by atoms with Gasteiger partial charge in [0, 0.05) is 18.5 Å². The van der Waals surface area contributed by atoms with Gasteiger partial charge in [0.1, 0.15) is 5.82 Å². The van der Waals surface area contributed by atoms with Crippen molar-refractivity contribution in [1.29, 1.82) is 0 Å². The van der Waals surface area contributed by atoms with Gasteiger partial charge in [-0.05, 0) is 43.4 Å². The predicted molar refractivity (Wildman–Crippen MR) is 80.2 cm³/mol. The molecule has 1 amide bonds. The van der Waals surface area contributed by atoms with Crippen LogP contribution in [0.5, 0.6) is 0 Å². The van der Waals surface area contributed by atoms with E-state index in [1.807, 2.05) is 6.07 Å². The number of aryl methyl sites for hydroxylation is 1. The molecule has 112 valence electrons. The smallest absolute Gasteiger partial charge is 0.223 e. The van der Waals surface area contributed by atoms with Crippen molar-refractivity contribution in [3.63, 3.8) is 0 Å². The number of hydrogen-bond acceptors (Lipinski definition) is 2. The summed E-state index contributed by atoms with van der Waals surface area (Å²) in [6, 6.07) is 5.18. The van der Waals surface area contributed by atoms with Crippen LogP contribution in [0.25, 0.3) is 0 Å². The van der Waals surface area contributed by atoms with Gasteiger partial charge < -0.3 is 11.1 Å². The highest BCUT2D eigenvalue weighted by Crippen LogP contribution is 2.23. The molecule has 2 rings (SSSR count). The van der Waals surface area contributed by atoms with Crippen LogP contribution in [0.1, 0.15) is 36.8 Å². The van der Waals surface area contributed by atoms with Crippen molar-refractivity contribution in [3.8, 4) is 0 Å². The Kier molecular flexibility index (Phi) is 6.43. The van der Waals surface area contributed by atoms with Gasteiger partial charge >= 0.3 is 0 Å². The SMILES string of the molecule is Cc1ccc(CNC(=O)C2CCCC(N)C2)cc1F.Cl. The average molecular weight is 301 g/mol. The zero-order valence-electron chi connectivity index (χ0n) is 11.7. The number of carbonyl (C=O) groups excluding carboxylic acids is 1. The molecule has 2 atom stereocenters. The summed E-state index contributed by atoms with van der Waals surface area (Å²) in [6.45, 7) is 2.10. The molecule has 1 aliphatic rings. The second kappa shape index (κ2) is 7.60. The number of hydrogen-bond donors (Lipinski definition) is 2. The Labute approximate surface area is 125 Å². The van der Waals surface area contributed by atoms with Crippen LogP contribution < -0.4 is 11.1 Å². The summed E-state index contributed by atoms with van der Waals surface area (Å²) in [5.41, 5.74) is 7.28. The van der Waals surface area contributed by atoms with E-state index in [4.69, 9.17) is 5.73 Å². The molecule has 3 nitrogen and oxygen atoms in total. The van der Waals surface area contributed by atoms with Gasteiger partial charge in [-0.2, -0.15) is 0 Å². The molecule has 0 bridgehead atoms. The van der Waals surface area contributed by atoms with Gasteiger partial charge in [0.25, 0.3) is 0 Å². The number of nitrogens with one attached hydrogen (secondary N) is 1. The average Bonchev–Trinajstić information content (AvgIpc) is 2.40. The summed E-state index contributed by atoms with van der Waals surface area (Å²) in [4.78, 5) is 12.0. The van der Waals surface area contributed by atoms with Crippen LogP contribution >= 0.6 is 12.4 Å². The number of benzene rings is 1. The summed E-state index contributed by atoms with van der Waals surface area (Å²) in [7, 11) is 0. The van der Waals surface area contributed by atoms with E-state index in [-0.39, 0.29) is 36.1 Å². The highest BCUT2D eigenvalue weighted by molar-refractivity contribution is 5.85. The molecule has 0 aliphatic heterocycles. The highest BCUT2D eigenvalue weighted by Gasteiger charge is 2.24. The Balaban J connectivity index is 0.00000200. The van der Waals surface area contributed by atoms with Crippen molar-refractivity contribution in [2.24, 2.45) is 11.7 Å². The minimum Gasteiger partial charge on any atom is -0.352 e. The maximum atomic E-state index is 13.4. The standard InChI is InChI=1S/C15H21FN2O.ClH/c1-10-5-6-11(7-14(10)16)9-18-15(19)12-3-2-4-13(17)8-12;/h5-7,12-13H,2-4,8-9,17H2,1H3,(H,18,19);1H. The van der Waals surface area contributed by atoms with E-state index in [0.29, 0.717) is 12.1 Å². The number of nitrogens with two attached hydrogens (primary N) is 1. The van der Waals surface area contributed by atoms with E-state index in [9.17, 15) is 9.18 Å². The molecule has 1 aromatic carbocycles. The Hall–Kier alpha value is -1.13. The lowest BCUT2D eigenvalue weighted by molar-refractivity contribution is -0.126. The molecular formula is C15H22ClFN2O. The van der Waals surface area contributed by atoms with Crippen molar-refractivity contribution >= 4 is 18.3 Å². The molecule has 0 saturated heterocycles. The van der Waals surface area contributed by atoms with Crippen molar-refractivity contribution in [2.75, 3.05) is 0 Å². The molecule has 0 spiro atoms. The zero-order chi connectivity index (χ0) is 13.8. The molecule has 1 aromatic rings. The molecule has 0 radical (unpaired) electrons. The lowest BCUT2D eigenvalue weighted by Crippen LogP contribution is -2.37. The minimum atomic E-state index is -0.230. The van der Waals surface area contributed by atoms with Gasteiger partial charge in [0.2, 0.25) is 5.91 Å². The summed E-state index contributed by atoms with van der Waals surface area (Å²) < 4.78 is 13.4. The van der Waals surface area contributed by atoms with Gasteiger partial charge in [0.15, 0.2) is 0 Å². The third-order valence-electron chi connectivity index (χ3n) is 3.79. The van der Waals surface area contributed by atoms with E-state index in [1.54, 1.807) is 13.0 Å². The first-order valence-corrected chi connectivity index (χ1v) is 6.84. The molecule has 1 saturated carbocycles. The van der Waals surface area contributed by atoms with Crippen LogP contribution in [0.3, 0.4) is 0 Å². The number of carbonyl (C=O) groups is 1. The van der Waals surface area contributed by atoms with Crippen LogP contribution in [-0.4, -0.2) is 11.9 Å². The van der Waals surface area contributed by atoms with Crippen LogP contribution in [0, 0.1) is 18.7 Å². The van der Waals surface area contributed by atoms with Crippen LogP contribution in [-0.2, 0) is 11.3 Å². The quantitative estimate of drug-likeness (QED) is 0.902. The van der Waals surface area contributed by atoms with Crippen LogP contribution in [0.15, 0.2) is 18.2 Å². The normalized spacial score (nSPS) is 21.9. The summed E-state index contributed by atoms with van der Waals surface area (Å²) >= 11 is 0. The molecule has 2 unspecified atom stereocenters. The molecule has 3 N–H and O–H groups in total. The molecule has 0 heterocycles. The predicted octanol–water partition coefficient (Wildman–Crippen LogP) is 2.69. The largest absolute Gasteiger partial charge is 0.352 e. The van der Waals surface area contributed by atoms with Gasteiger partial charge in [-0.25, -0.2) is 4.39 Å². The Morgan fingerprint density at radius 2 is 2.20 bits per heavy atom. The lowest BCUT2D eigenvalue weighted by Gasteiger charge is -2.25. The third kappa shape index (κ3) is 4.46. The van der Waals surface area contributed by atoms with Gasteiger partial charge in [-0.15, -0.1) is 12.4 Å². The monoisotopic (exact) mass is 300 g/mol. The first-order valence-electron chi connectivity index (χ1n) is 6.84. The molecule has 0 aromatic heterocycles. The Morgan fingerprint density at radius 1 is 1.45 bits per heavy atom. The van der Waals surface area contributed by atoms with E-state index in [0.717, 1.165) is 31.2 Å². The fourth-order valence-electron chi connectivity index (χ4n) is 2.55. The topological polar surface area (TPSA) is 55.1 Å². The third-order valence-corrected chi connectivity index (χ3v) is 3.79. The Bertz CT molecular complexity index is 467. The first-order chi connectivity index (χ1) is 9.06. The van der Waals surface area contributed by atoms with Crippen molar-refractivity contribution < 1.29 is 9.18 Å². The first kappa shape index (κ1) is 16.9. The van der Waals surface area contributed by atoms with Gasteiger partial charge in [0.05, 0.1) is 0 Å². The maximum Gasteiger partial charge on any atom is 0.223 e. The van der Waals surface area contributed by atoms with E-state index >= 15 is 0 Å². The van der Waals surface area contributed by atoms with Crippen molar-refractivity contribution in [3.05, 3.63) is 35.1 Å². The number of halogens is 2. The highest BCUT2D eigenvalue weighted by atomic mass is 35.5. The van der Waals surface area contributed by atoms with E-state index in [1.165, 1.54) is 6.07 Å². The molecule has 1 fully saturated rings. The van der Waals surface area contributed by atoms with E-state index < -0.39 is 0 Å². The van der Waals surface area contributed by atoms with Crippen LogP contribution in [0.2, 0.25) is 0 Å². The van der Waals surface area contributed by atoms with Gasteiger partial charge in [-0.1, -0.05) is 18.6 Å². The molecule has 20 heavy (non-hydrogen) atoms. The second-order valence-electron chi connectivity index (χ2n) is 5.42. The summed E-state index contributed by atoms with van der Waals surface area (Å²) in [6.07, 6.45) is 3.68. The maximum absolute atomic E-state index is 13.4. The molecular weight excluding hydrogens is 279 g/mol. The second-order valence-corrected chi connectivity index (χ2v) is 5.42. The fourth-order valence-corrected chi connectivity index (χ4v) is 2.55. The van der Waals surface area contributed by atoms with Crippen LogP contribution in [0.4, 0.5) is 4.39 Å². The van der Waals surface area contributed by atoms with Crippen molar-refractivity contribution in [1.82, 2.24) is 5.32 Å². The van der Waals surface area contributed by atoms with Crippen molar-refractivity contribution in [2.45, 2.75) is 45.2 Å². The zero-order valence-corrected chi connectivity index (χ0v) is 12.5. The summed E-state index contributed by atoms with van der Waals surface area (Å²) in [5, 5.41) is 2.87. The fraction of sp³-hybridized carbons (Fsp3) is 0.533. The lowest BCUT2D eigenvalue weighted by atomic mass is 9.85. The Morgan fingerprint density at radius 3 is 2.85 bits per heavy atom. The number of amides is 1. The number of rotatable bonds is 3. The molecule has 5 heteroatoms. The van der Waals surface area contributed by atoms with Gasteiger partial charge in [-0.3, -0.25) is 4.79 Å².